The molecule has 140 valence electrons. The van der Waals surface area contributed by atoms with Crippen LogP contribution < -0.4 is 10.0 Å². The van der Waals surface area contributed by atoms with Gasteiger partial charge in [-0.05, 0) is 42.5 Å². The molecule has 27 heavy (non-hydrogen) atoms. The molecule has 0 amide bonds. The molecular formula is C17H14ClN3O5S. The standard InChI is InChI=1S/C17H14ClN3O5S/c18-12-6-7-16(17(9-12)21(22)23)20-13-3-1-5-15(10-13)27(24,25)19-11-14-4-2-8-26-14/h1-10,19-20H,11H2. The summed E-state index contributed by atoms with van der Waals surface area (Å²) in [5.74, 6) is 0.477. The summed E-state index contributed by atoms with van der Waals surface area (Å²) in [6, 6.07) is 13.4. The molecule has 1 heterocycles. The molecule has 0 atom stereocenters. The molecular weight excluding hydrogens is 394 g/mol. The Labute approximate surface area is 160 Å². The lowest BCUT2D eigenvalue weighted by Gasteiger charge is -2.10. The van der Waals surface area contributed by atoms with Crippen molar-refractivity contribution in [1.29, 1.82) is 0 Å². The quantitative estimate of drug-likeness (QED) is 0.450. The Balaban J connectivity index is 1.82. The van der Waals surface area contributed by atoms with Crippen LogP contribution in [-0.2, 0) is 16.6 Å². The van der Waals surface area contributed by atoms with Gasteiger partial charge >= 0.3 is 0 Å². The molecule has 8 nitrogen and oxygen atoms in total. The minimum Gasteiger partial charge on any atom is -0.468 e. The average molecular weight is 408 g/mol. The smallest absolute Gasteiger partial charge is 0.294 e. The third-order valence-corrected chi connectivity index (χ3v) is 5.23. The van der Waals surface area contributed by atoms with E-state index in [4.69, 9.17) is 16.0 Å². The first-order chi connectivity index (χ1) is 12.8. The van der Waals surface area contributed by atoms with Crippen molar-refractivity contribution >= 4 is 38.7 Å². The second-order valence-electron chi connectivity index (χ2n) is 5.48. The summed E-state index contributed by atoms with van der Waals surface area (Å²) < 4.78 is 32.4. The fourth-order valence-corrected chi connectivity index (χ4v) is 3.53. The molecule has 1 aromatic heterocycles. The van der Waals surface area contributed by atoms with Crippen LogP contribution in [0.15, 0.2) is 70.2 Å². The monoisotopic (exact) mass is 407 g/mol. The zero-order valence-corrected chi connectivity index (χ0v) is 15.3. The molecule has 0 unspecified atom stereocenters. The number of halogens is 1. The summed E-state index contributed by atoms with van der Waals surface area (Å²) in [6.07, 6.45) is 1.45. The fourth-order valence-electron chi connectivity index (χ4n) is 2.32. The number of anilines is 2. The molecule has 10 heteroatoms. The van der Waals surface area contributed by atoms with E-state index in [1.54, 1.807) is 18.2 Å². The number of nitrogens with zero attached hydrogens (tertiary/aromatic N) is 1. The third-order valence-electron chi connectivity index (χ3n) is 3.60. The zero-order valence-electron chi connectivity index (χ0n) is 13.8. The number of sulfonamides is 1. The summed E-state index contributed by atoms with van der Waals surface area (Å²) in [6.45, 7) is 0.00957. The first-order valence-electron chi connectivity index (χ1n) is 7.68. The third kappa shape index (κ3) is 4.64. The van der Waals surface area contributed by atoms with E-state index in [0.717, 1.165) is 0 Å². The Morgan fingerprint density at radius 1 is 1.11 bits per heavy atom. The lowest BCUT2D eigenvalue weighted by Crippen LogP contribution is -2.23. The number of nitrogens with one attached hydrogen (secondary N) is 2. The van der Waals surface area contributed by atoms with E-state index in [2.05, 4.69) is 10.0 Å². The number of rotatable bonds is 7. The van der Waals surface area contributed by atoms with E-state index in [-0.39, 0.29) is 27.8 Å². The summed E-state index contributed by atoms with van der Waals surface area (Å²) in [5.41, 5.74) is 0.357. The molecule has 0 fully saturated rings. The van der Waals surface area contributed by atoms with E-state index in [0.29, 0.717) is 11.4 Å². The van der Waals surface area contributed by atoms with E-state index < -0.39 is 14.9 Å². The molecule has 0 aliphatic heterocycles. The van der Waals surface area contributed by atoms with Crippen molar-refractivity contribution in [3.8, 4) is 0 Å². The molecule has 0 radical (unpaired) electrons. The summed E-state index contributed by atoms with van der Waals surface area (Å²) in [7, 11) is -3.79. The SMILES string of the molecule is O=[N+]([O-])c1cc(Cl)ccc1Nc1cccc(S(=O)(=O)NCc2ccco2)c1. The van der Waals surface area contributed by atoms with Gasteiger partial charge in [0.25, 0.3) is 5.69 Å². The van der Waals surface area contributed by atoms with Crippen LogP contribution in [-0.4, -0.2) is 13.3 Å². The largest absolute Gasteiger partial charge is 0.468 e. The van der Waals surface area contributed by atoms with Gasteiger partial charge in [0.2, 0.25) is 10.0 Å². The van der Waals surface area contributed by atoms with E-state index in [9.17, 15) is 18.5 Å². The molecule has 0 aliphatic rings. The van der Waals surface area contributed by atoms with E-state index in [1.165, 1.54) is 42.7 Å². The zero-order chi connectivity index (χ0) is 19.4. The number of hydrogen-bond acceptors (Lipinski definition) is 6. The highest BCUT2D eigenvalue weighted by molar-refractivity contribution is 7.89. The van der Waals surface area contributed by atoms with Crippen LogP contribution in [0, 0.1) is 10.1 Å². The van der Waals surface area contributed by atoms with Crippen molar-refractivity contribution in [3.63, 3.8) is 0 Å². The molecule has 0 saturated heterocycles. The summed E-state index contributed by atoms with van der Waals surface area (Å²) >= 11 is 5.80. The second-order valence-corrected chi connectivity index (χ2v) is 7.68. The predicted octanol–water partition coefficient (Wildman–Crippen LogP) is 4.06. The number of furan rings is 1. The van der Waals surface area contributed by atoms with Crippen LogP contribution in [0.25, 0.3) is 0 Å². The minimum absolute atomic E-state index is 0.00957. The molecule has 0 bridgehead atoms. The maximum absolute atomic E-state index is 12.4. The van der Waals surface area contributed by atoms with Crippen LogP contribution in [0.4, 0.5) is 17.1 Å². The second kappa shape index (κ2) is 7.78. The number of nitro groups is 1. The maximum atomic E-state index is 12.4. The molecule has 0 spiro atoms. The van der Waals surface area contributed by atoms with Gasteiger partial charge in [-0.15, -0.1) is 0 Å². The molecule has 2 aromatic carbocycles. The van der Waals surface area contributed by atoms with Gasteiger partial charge < -0.3 is 9.73 Å². The van der Waals surface area contributed by atoms with Crippen LogP contribution in [0.2, 0.25) is 5.02 Å². The Hall–Kier alpha value is -2.88. The van der Waals surface area contributed by atoms with Gasteiger partial charge in [-0.25, -0.2) is 13.1 Å². The number of hydrogen-bond donors (Lipinski definition) is 2. The topological polar surface area (TPSA) is 114 Å². The predicted molar refractivity (Wildman–Crippen MR) is 101 cm³/mol. The average Bonchev–Trinajstić information content (AvgIpc) is 3.15. The van der Waals surface area contributed by atoms with Gasteiger partial charge in [0.15, 0.2) is 0 Å². The lowest BCUT2D eigenvalue weighted by atomic mass is 10.2. The normalized spacial score (nSPS) is 11.3. The minimum atomic E-state index is -3.79. The fraction of sp³-hybridized carbons (Fsp3) is 0.0588. The van der Waals surface area contributed by atoms with Gasteiger partial charge in [-0.3, -0.25) is 10.1 Å². The highest BCUT2D eigenvalue weighted by Crippen LogP contribution is 2.30. The molecule has 2 N–H and O–H groups in total. The lowest BCUT2D eigenvalue weighted by molar-refractivity contribution is -0.383. The van der Waals surface area contributed by atoms with Crippen LogP contribution in [0.3, 0.4) is 0 Å². The summed E-state index contributed by atoms with van der Waals surface area (Å²) in [4.78, 5) is 10.6. The Morgan fingerprint density at radius 2 is 1.93 bits per heavy atom. The Morgan fingerprint density at radius 3 is 2.63 bits per heavy atom. The Bertz CT molecular complexity index is 1070. The van der Waals surface area contributed by atoms with Gasteiger partial charge in [-0.2, -0.15) is 0 Å². The maximum Gasteiger partial charge on any atom is 0.294 e. The molecule has 0 aliphatic carbocycles. The Kier molecular flexibility index (Phi) is 5.45. The van der Waals surface area contributed by atoms with Gasteiger partial charge in [0.05, 0.1) is 22.6 Å². The first kappa shape index (κ1) is 18.9. The van der Waals surface area contributed by atoms with Crippen molar-refractivity contribution < 1.29 is 17.8 Å². The molecule has 0 saturated carbocycles. The summed E-state index contributed by atoms with van der Waals surface area (Å²) in [5, 5.41) is 14.3. The van der Waals surface area contributed by atoms with E-state index in [1.807, 2.05) is 0 Å². The van der Waals surface area contributed by atoms with Crippen molar-refractivity contribution in [2.45, 2.75) is 11.4 Å². The van der Waals surface area contributed by atoms with Gasteiger partial charge in [0, 0.05) is 16.8 Å². The van der Waals surface area contributed by atoms with Gasteiger partial charge in [-0.1, -0.05) is 17.7 Å². The molecule has 3 aromatic rings. The van der Waals surface area contributed by atoms with Crippen LogP contribution in [0.1, 0.15) is 5.76 Å². The van der Waals surface area contributed by atoms with Crippen molar-refractivity contribution in [2.75, 3.05) is 5.32 Å². The molecule has 3 rings (SSSR count). The number of nitro benzene ring substituents is 1. The van der Waals surface area contributed by atoms with Crippen LogP contribution >= 0.6 is 11.6 Å². The first-order valence-corrected chi connectivity index (χ1v) is 9.54. The van der Waals surface area contributed by atoms with Crippen LogP contribution in [0.5, 0.6) is 0 Å². The highest BCUT2D eigenvalue weighted by atomic mass is 35.5. The van der Waals surface area contributed by atoms with E-state index >= 15 is 0 Å². The highest BCUT2D eigenvalue weighted by Gasteiger charge is 2.17. The van der Waals surface area contributed by atoms with Crippen molar-refractivity contribution in [3.05, 3.63) is 81.8 Å². The number of benzene rings is 2. The van der Waals surface area contributed by atoms with Crippen molar-refractivity contribution in [1.82, 2.24) is 4.72 Å². The van der Waals surface area contributed by atoms with Crippen molar-refractivity contribution in [2.24, 2.45) is 0 Å². The van der Waals surface area contributed by atoms with Gasteiger partial charge in [0.1, 0.15) is 11.4 Å².